The first-order chi connectivity index (χ1) is 14.4. The second-order valence-corrected chi connectivity index (χ2v) is 7.29. The standard InChI is InChI=1S/C23H26N4O3/c1-16-9-7-10-17(2)22(16)24-19(28)15-27(3)21(29)14-8-13-20-25-26-23(30-20)18-11-5-4-6-12-18/h4-7,9-12H,8,13-15H2,1-3H3,(H,24,28). The van der Waals surface area contributed by atoms with Crippen LogP contribution in [0.1, 0.15) is 29.9 Å². The van der Waals surface area contributed by atoms with Gasteiger partial charge >= 0.3 is 0 Å². The zero-order valence-electron chi connectivity index (χ0n) is 17.5. The van der Waals surface area contributed by atoms with Gasteiger partial charge in [-0.2, -0.15) is 0 Å². The Hall–Kier alpha value is -3.48. The van der Waals surface area contributed by atoms with Crippen molar-refractivity contribution >= 4 is 17.5 Å². The highest BCUT2D eigenvalue weighted by Gasteiger charge is 2.15. The van der Waals surface area contributed by atoms with Gasteiger partial charge in [-0.25, -0.2) is 0 Å². The summed E-state index contributed by atoms with van der Waals surface area (Å²) in [6.45, 7) is 3.89. The summed E-state index contributed by atoms with van der Waals surface area (Å²) in [5.74, 6) is 0.649. The fourth-order valence-electron chi connectivity index (χ4n) is 3.13. The van der Waals surface area contributed by atoms with Crippen molar-refractivity contribution in [1.82, 2.24) is 15.1 Å². The van der Waals surface area contributed by atoms with E-state index in [9.17, 15) is 9.59 Å². The molecule has 156 valence electrons. The van der Waals surface area contributed by atoms with Gasteiger partial charge in [0.2, 0.25) is 23.6 Å². The number of aromatic nitrogens is 2. The molecule has 0 radical (unpaired) electrons. The molecule has 0 spiro atoms. The largest absolute Gasteiger partial charge is 0.421 e. The summed E-state index contributed by atoms with van der Waals surface area (Å²) in [5.41, 5.74) is 3.65. The Morgan fingerprint density at radius 1 is 1.00 bits per heavy atom. The molecule has 0 aliphatic rings. The lowest BCUT2D eigenvalue weighted by atomic mass is 10.1. The van der Waals surface area contributed by atoms with Crippen molar-refractivity contribution in [3.05, 3.63) is 65.5 Å². The van der Waals surface area contributed by atoms with Crippen molar-refractivity contribution < 1.29 is 14.0 Å². The second kappa shape index (κ2) is 9.82. The fraction of sp³-hybridized carbons (Fsp3) is 0.304. The lowest BCUT2D eigenvalue weighted by molar-refractivity contribution is -0.133. The summed E-state index contributed by atoms with van der Waals surface area (Å²) < 4.78 is 5.65. The molecule has 1 N–H and O–H groups in total. The Morgan fingerprint density at radius 3 is 2.40 bits per heavy atom. The Balaban J connectivity index is 1.45. The molecule has 1 aromatic heterocycles. The minimum atomic E-state index is -0.215. The summed E-state index contributed by atoms with van der Waals surface area (Å²) in [6.07, 6.45) is 1.38. The smallest absolute Gasteiger partial charge is 0.247 e. The minimum Gasteiger partial charge on any atom is -0.421 e. The van der Waals surface area contributed by atoms with Crippen LogP contribution >= 0.6 is 0 Å². The molecule has 0 unspecified atom stereocenters. The molecule has 30 heavy (non-hydrogen) atoms. The molecular weight excluding hydrogens is 380 g/mol. The number of carbonyl (C=O) groups excluding carboxylic acids is 2. The average molecular weight is 406 g/mol. The molecule has 1 heterocycles. The SMILES string of the molecule is Cc1cccc(C)c1NC(=O)CN(C)C(=O)CCCc1nnc(-c2ccccc2)o1. The molecule has 0 saturated heterocycles. The van der Waals surface area contributed by atoms with Crippen LogP contribution in [0.5, 0.6) is 0 Å². The highest BCUT2D eigenvalue weighted by molar-refractivity contribution is 5.95. The van der Waals surface area contributed by atoms with Crippen LogP contribution in [0.2, 0.25) is 0 Å². The number of likely N-dealkylation sites (N-methyl/N-ethyl adjacent to an activating group) is 1. The Labute approximate surface area is 176 Å². The zero-order chi connectivity index (χ0) is 21.5. The first-order valence-corrected chi connectivity index (χ1v) is 9.92. The van der Waals surface area contributed by atoms with E-state index in [4.69, 9.17) is 4.42 Å². The van der Waals surface area contributed by atoms with E-state index < -0.39 is 0 Å². The van der Waals surface area contributed by atoms with E-state index in [1.807, 2.05) is 62.4 Å². The molecule has 0 atom stereocenters. The molecule has 7 heteroatoms. The van der Waals surface area contributed by atoms with Crippen molar-refractivity contribution in [2.75, 3.05) is 18.9 Å². The number of para-hydroxylation sites is 1. The highest BCUT2D eigenvalue weighted by Crippen LogP contribution is 2.20. The van der Waals surface area contributed by atoms with Gasteiger partial charge in [0.1, 0.15) is 0 Å². The van der Waals surface area contributed by atoms with Gasteiger partial charge in [-0.1, -0.05) is 36.4 Å². The molecular formula is C23H26N4O3. The fourth-order valence-corrected chi connectivity index (χ4v) is 3.13. The third-order valence-electron chi connectivity index (χ3n) is 4.82. The van der Waals surface area contributed by atoms with Crippen molar-refractivity contribution in [3.63, 3.8) is 0 Å². The van der Waals surface area contributed by atoms with Crippen molar-refractivity contribution in [1.29, 1.82) is 0 Å². The Kier molecular flexibility index (Phi) is 6.95. The molecule has 0 aliphatic heterocycles. The van der Waals surface area contributed by atoms with Crippen molar-refractivity contribution in [2.24, 2.45) is 0 Å². The predicted octanol–water partition coefficient (Wildman–Crippen LogP) is 3.77. The van der Waals surface area contributed by atoms with E-state index in [0.717, 1.165) is 22.4 Å². The average Bonchev–Trinajstić information content (AvgIpc) is 3.20. The van der Waals surface area contributed by atoms with E-state index in [0.29, 0.717) is 31.0 Å². The molecule has 7 nitrogen and oxygen atoms in total. The van der Waals surface area contributed by atoms with Crippen LogP contribution in [0.15, 0.2) is 52.9 Å². The maximum Gasteiger partial charge on any atom is 0.247 e. The molecule has 2 amide bonds. The van der Waals surface area contributed by atoms with Crippen molar-refractivity contribution in [3.8, 4) is 11.5 Å². The van der Waals surface area contributed by atoms with Gasteiger partial charge in [-0.05, 0) is 43.5 Å². The summed E-state index contributed by atoms with van der Waals surface area (Å²) in [7, 11) is 1.63. The van der Waals surface area contributed by atoms with E-state index in [2.05, 4.69) is 15.5 Å². The van der Waals surface area contributed by atoms with E-state index in [1.165, 1.54) is 4.90 Å². The van der Waals surface area contributed by atoms with Gasteiger partial charge < -0.3 is 14.6 Å². The van der Waals surface area contributed by atoms with Crippen LogP contribution < -0.4 is 5.32 Å². The number of benzene rings is 2. The molecule has 0 saturated carbocycles. The van der Waals surface area contributed by atoms with Crippen LogP contribution in [-0.4, -0.2) is 40.5 Å². The van der Waals surface area contributed by atoms with Gasteiger partial charge in [-0.15, -0.1) is 10.2 Å². The second-order valence-electron chi connectivity index (χ2n) is 7.29. The van der Waals surface area contributed by atoms with E-state index in [1.54, 1.807) is 7.05 Å². The van der Waals surface area contributed by atoms with Crippen LogP contribution in [-0.2, 0) is 16.0 Å². The third kappa shape index (κ3) is 5.53. The third-order valence-corrected chi connectivity index (χ3v) is 4.82. The van der Waals surface area contributed by atoms with Gasteiger partial charge in [0.05, 0.1) is 6.54 Å². The molecule has 0 fully saturated rings. The maximum absolute atomic E-state index is 12.4. The summed E-state index contributed by atoms with van der Waals surface area (Å²) in [6, 6.07) is 15.4. The van der Waals surface area contributed by atoms with Crippen LogP contribution in [0, 0.1) is 13.8 Å². The monoisotopic (exact) mass is 406 g/mol. The number of nitrogens with one attached hydrogen (secondary N) is 1. The van der Waals surface area contributed by atoms with Gasteiger partial charge in [0.15, 0.2) is 0 Å². The predicted molar refractivity (Wildman–Crippen MR) is 115 cm³/mol. The van der Waals surface area contributed by atoms with Crippen molar-refractivity contribution in [2.45, 2.75) is 33.1 Å². The topological polar surface area (TPSA) is 88.3 Å². The summed E-state index contributed by atoms with van der Waals surface area (Å²) >= 11 is 0. The zero-order valence-corrected chi connectivity index (χ0v) is 17.5. The first kappa shape index (κ1) is 21.2. The molecule has 3 rings (SSSR count). The molecule has 0 aliphatic carbocycles. The number of hydrogen-bond donors (Lipinski definition) is 1. The molecule has 0 bridgehead atoms. The normalized spacial score (nSPS) is 10.6. The van der Waals surface area contributed by atoms with E-state index >= 15 is 0 Å². The molecule has 3 aromatic rings. The number of aryl methyl sites for hydroxylation is 3. The number of anilines is 1. The number of hydrogen-bond acceptors (Lipinski definition) is 5. The van der Waals surface area contributed by atoms with Crippen LogP contribution in [0.4, 0.5) is 5.69 Å². The number of carbonyl (C=O) groups is 2. The van der Waals surface area contributed by atoms with Crippen LogP contribution in [0.25, 0.3) is 11.5 Å². The van der Waals surface area contributed by atoms with Crippen LogP contribution in [0.3, 0.4) is 0 Å². The Morgan fingerprint density at radius 2 is 1.70 bits per heavy atom. The number of amides is 2. The maximum atomic E-state index is 12.4. The number of rotatable bonds is 8. The summed E-state index contributed by atoms with van der Waals surface area (Å²) in [5, 5.41) is 11.0. The van der Waals surface area contributed by atoms with Gasteiger partial charge in [0, 0.05) is 31.1 Å². The van der Waals surface area contributed by atoms with Gasteiger partial charge in [0.25, 0.3) is 0 Å². The quantitative estimate of drug-likeness (QED) is 0.615. The summed E-state index contributed by atoms with van der Waals surface area (Å²) in [4.78, 5) is 26.1. The Bertz CT molecular complexity index is 994. The van der Waals surface area contributed by atoms with Gasteiger partial charge in [-0.3, -0.25) is 9.59 Å². The lowest BCUT2D eigenvalue weighted by Gasteiger charge is -2.18. The first-order valence-electron chi connectivity index (χ1n) is 9.92. The van der Waals surface area contributed by atoms with E-state index in [-0.39, 0.29) is 18.4 Å². The molecule has 2 aromatic carbocycles. The number of nitrogens with zero attached hydrogens (tertiary/aromatic N) is 3. The highest BCUT2D eigenvalue weighted by atomic mass is 16.4. The minimum absolute atomic E-state index is 0.00528. The lowest BCUT2D eigenvalue weighted by Crippen LogP contribution is -2.35.